The Kier molecular flexibility index (Phi) is 3.79. The van der Waals surface area contributed by atoms with Gasteiger partial charge in [-0.3, -0.25) is 0 Å². The summed E-state index contributed by atoms with van der Waals surface area (Å²) in [7, 11) is 1.50. The standard InChI is InChI=1S/C5H12N2O2/c1-4(6)3-9-5(8)7-2/h4H,3,6H2,1-2H3,(H,7,8)/t4-/m1/s1. The van der Waals surface area contributed by atoms with Gasteiger partial charge in [-0.1, -0.05) is 0 Å². The summed E-state index contributed by atoms with van der Waals surface area (Å²) in [5.74, 6) is 0. The van der Waals surface area contributed by atoms with Gasteiger partial charge in [-0.2, -0.15) is 0 Å². The Morgan fingerprint density at radius 2 is 2.44 bits per heavy atom. The Labute approximate surface area is 54.4 Å². The van der Waals surface area contributed by atoms with Crippen LogP contribution in [-0.2, 0) is 4.74 Å². The number of hydrogen-bond donors (Lipinski definition) is 2. The first-order chi connectivity index (χ1) is 4.16. The van der Waals surface area contributed by atoms with E-state index in [0.717, 1.165) is 0 Å². The molecule has 4 heteroatoms. The normalized spacial score (nSPS) is 12.3. The zero-order chi connectivity index (χ0) is 7.28. The average molecular weight is 132 g/mol. The van der Waals surface area contributed by atoms with E-state index in [-0.39, 0.29) is 12.6 Å². The van der Waals surface area contributed by atoms with Crippen LogP contribution in [0, 0.1) is 0 Å². The van der Waals surface area contributed by atoms with E-state index >= 15 is 0 Å². The third-order valence-electron chi connectivity index (χ3n) is 0.681. The molecule has 0 aromatic heterocycles. The molecule has 0 aliphatic carbocycles. The quantitative estimate of drug-likeness (QED) is 0.541. The van der Waals surface area contributed by atoms with Crippen LogP contribution in [0.25, 0.3) is 0 Å². The Bertz CT molecular complexity index is 93.0. The minimum absolute atomic E-state index is 0.0951. The number of carbonyl (C=O) groups excluding carboxylic acids is 1. The Morgan fingerprint density at radius 1 is 1.89 bits per heavy atom. The van der Waals surface area contributed by atoms with E-state index in [4.69, 9.17) is 5.73 Å². The fourth-order valence-corrected chi connectivity index (χ4v) is 0.279. The van der Waals surface area contributed by atoms with Gasteiger partial charge in [0.05, 0.1) is 0 Å². The molecular formula is C5H12N2O2. The minimum atomic E-state index is -0.438. The fraction of sp³-hybridized carbons (Fsp3) is 0.800. The van der Waals surface area contributed by atoms with Crippen LogP contribution in [0.5, 0.6) is 0 Å². The molecule has 0 aliphatic rings. The van der Waals surface area contributed by atoms with Gasteiger partial charge in [-0.15, -0.1) is 0 Å². The molecule has 0 radical (unpaired) electrons. The Hall–Kier alpha value is -0.770. The molecule has 3 N–H and O–H groups in total. The number of ether oxygens (including phenoxy) is 1. The molecule has 54 valence electrons. The highest BCUT2D eigenvalue weighted by Gasteiger charge is 1.98. The van der Waals surface area contributed by atoms with E-state index in [0.29, 0.717) is 0 Å². The summed E-state index contributed by atoms with van der Waals surface area (Å²) in [6, 6.07) is -0.0951. The monoisotopic (exact) mass is 132 g/mol. The summed E-state index contributed by atoms with van der Waals surface area (Å²) in [5, 5.41) is 2.30. The highest BCUT2D eigenvalue weighted by molar-refractivity contribution is 5.66. The summed E-state index contributed by atoms with van der Waals surface area (Å²) in [5.41, 5.74) is 5.29. The van der Waals surface area contributed by atoms with E-state index in [1.807, 2.05) is 0 Å². The van der Waals surface area contributed by atoms with Crippen molar-refractivity contribution in [3.63, 3.8) is 0 Å². The van der Waals surface area contributed by atoms with E-state index in [1.165, 1.54) is 7.05 Å². The van der Waals surface area contributed by atoms with Gasteiger partial charge >= 0.3 is 6.09 Å². The number of amides is 1. The molecule has 0 unspecified atom stereocenters. The molecular weight excluding hydrogens is 120 g/mol. The predicted octanol–water partition coefficient (Wildman–Crippen LogP) is -0.310. The zero-order valence-corrected chi connectivity index (χ0v) is 5.68. The van der Waals surface area contributed by atoms with E-state index < -0.39 is 6.09 Å². The second-order valence-electron chi connectivity index (χ2n) is 1.83. The molecule has 0 aromatic rings. The number of hydrogen-bond acceptors (Lipinski definition) is 3. The molecule has 0 saturated carbocycles. The number of nitrogens with one attached hydrogen (secondary N) is 1. The number of nitrogens with two attached hydrogens (primary N) is 1. The van der Waals surface area contributed by atoms with Gasteiger partial charge in [-0.05, 0) is 6.92 Å². The van der Waals surface area contributed by atoms with E-state index in [1.54, 1.807) is 6.92 Å². The van der Waals surface area contributed by atoms with Crippen molar-refractivity contribution in [2.75, 3.05) is 13.7 Å². The van der Waals surface area contributed by atoms with E-state index in [2.05, 4.69) is 10.1 Å². The molecule has 1 amide bonds. The summed E-state index contributed by atoms with van der Waals surface area (Å²) < 4.78 is 4.58. The van der Waals surface area contributed by atoms with Crippen LogP contribution in [-0.4, -0.2) is 25.8 Å². The van der Waals surface area contributed by atoms with Crippen LogP contribution in [0.4, 0.5) is 4.79 Å². The third-order valence-corrected chi connectivity index (χ3v) is 0.681. The molecule has 0 fully saturated rings. The fourth-order valence-electron chi connectivity index (χ4n) is 0.279. The van der Waals surface area contributed by atoms with Gasteiger partial charge < -0.3 is 15.8 Å². The lowest BCUT2D eigenvalue weighted by atomic mass is 10.4. The topological polar surface area (TPSA) is 64.3 Å². The lowest BCUT2D eigenvalue weighted by Crippen LogP contribution is -2.28. The lowest BCUT2D eigenvalue weighted by Gasteiger charge is -2.04. The maximum absolute atomic E-state index is 10.3. The first-order valence-corrected chi connectivity index (χ1v) is 2.77. The number of alkyl carbamates (subject to hydrolysis) is 1. The van der Waals surface area contributed by atoms with Crippen molar-refractivity contribution in [1.82, 2.24) is 5.32 Å². The van der Waals surface area contributed by atoms with Crippen molar-refractivity contribution in [3.05, 3.63) is 0 Å². The van der Waals surface area contributed by atoms with Crippen molar-refractivity contribution in [3.8, 4) is 0 Å². The second kappa shape index (κ2) is 4.14. The highest BCUT2D eigenvalue weighted by Crippen LogP contribution is 1.79. The second-order valence-corrected chi connectivity index (χ2v) is 1.83. The predicted molar refractivity (Wildman–Crippen MR) is 34.1 cm³/mol. The summed E-state index contributed by atoms with van der Waals surface area (Å²) in [4.78, 5) is 10.3. The first-order valence-electron chi connectivity index (χ1n) is 2.77. The largest absolute Gasteiger partial charge is 0.448 e. The zero-order valence-electron chi connectivity index (χ0n) is 5.68. The minimum Gasteiger partial charge on any atom is -0.448 e. The van der Waals surface area contributed by atoms with Gasteiger partial charge in [-0.25, -0.2) is 4.79 Å². The smallest absolute Gasteiger partial charge is 0.406 e. The summed E-state index contributed by atoms with van der Waals surface area (Å²) in [6.07, 6.45) is -0.438. The van der Waals surface area contributed by atoms with Crippen LogP contribution < -0.4 is 11.1 Å². The molecule has 4 nitrogen and oxygen atoms in total. The summed E-state index contributed by atoms with van der Waals surface area (Å²) >= 11 is 0. The highest BCUT2D eigenvalue weighted by atomic mass is 16.5. The van der Waals surface area contributed by atoms with Crippen molar-refractivity contribution in [2.45, 2.75) is 13.0 Å². The molecule has 1 atom stereocenters. The van der Waals surface area contributed by atoms with Gasteiger partial charge in [0.1, 0.15) is 6.61 Å². The Balaban J connectivity index is 3.17. The molecule has 9 heavy (non-hydrogen) atoms. The third kappa shape index (κ3) is 5.10. The van der Waals surface area contributed by atoms with Crippen molar-refractivity contribution in [2.24, 2.45) is 5.73 Å². The molecule has 0 spiro atoms. The van der Waals surface area contributed by atoms with Crippen LogP contribution in [0.2, 0.25) is 0 Å². The molecule has 0 bridgehead atoms. The SMILES string of the molecule is CNC(=O)OC[C@@H](C)N. The lowest BCUT2D eigenvalue weighted by molar-refractivity contribution is 0.143. The van der Waals surface area contributed by atoms with Crippen molar-refractivity contribution >= 4 is 6.09 Å². The number of rotatable bonds is 2. The van der Waals surface area contributed by atoms with Gasteiger partial charge in [0, 0.05) is 13.1 Å². The maximum atomic E-state index is 10.3. The van der Waals surface area contributed by atoms with Gasteiger partial charge in [0.2, 0.25) is 0 Å². The van der Waals surface area contributed by atoms with Gasteiger partial charge in [0.15, 0.2) is 0 Å². The van der Waals surface area contributed by atoms with Gasteiger partial charge in [0.25, 0.3) is 0 Å². The van der Waals surface area contributed by atoms with Crippen LogP contribution >= 0.6 is 0 Å². The average Bonchev–Trinajstić information content (AvgIpc) is 1.83. The molecule has 0 heterocycles. The van der Waals surface area contributed by atoms with Crippen LogP contribution in [0.3, 0.4) is 0 Å². The van der Waals surface area contributed by atoms with Crippen molar-refractivity contribution in [1.29, 1.82) is 0 Å². The molecule has 0 rings (SSSR count). The first kappa shape index (κ1) is 8.23. The van der Waals surface area contributed by atoms with E-state index in [9.17, 15) is 4.79 Å². The number of carbonyl (C=O) groups is 1. The molecule has 0 aromatic carbocycles. The van der Waals surface area contributed by atoms with Crippen LogP contribution in [0.15, 0.2) is 0 Å². The molecule has 0 saturated heterocycles. The van der Waals surface area contributed by atoms with Crippen molar-refractivity contribution < 1.29 is 9.53 Å². The molecule has 0 aliphatic heterocycles. The van der Waals surface area contributed by atoms with Crippen LogP contribution in [0.1, 0.15) is 6.92 Å². The Morgan fingerprint density at radius 3 is 2.78 bits per heavy atom. The summed E-state index contributed by atoms with van der Waals surface area (Å²) in [6.45, 7) is 2.03. The maximum Gasteiger partial charge on any atom is 0.406 e.